The number of nitro benzene ring substituents is 1. The van der Waals surface area contributed by atoms with Gasteiger partial charge in [-0.05, 0) is 0 Å². The van der Waals surface area contributed by atoms with Crippen LogP contribution in [0.1, 0.15) is 16.8 Å². The van der Waals surface area contributed by atoms with Crippen LogP contribution in [-0.2, 0) is 9.53 Å². The predicted molar refractivity (Wildman–Crippen MR) is 76.7 cm³/mol. The molecule has 10 nitrogen and oxygen atoms in total. The van der Waals surface area contributed by atoms with Crippen molar-refractivity contribution in [3.8, 4) is 11.5 Å². The highest BCUT2D eigenvalue weighted by molar-refractivity contribution is 6.01. The summed E-state index contributed by atoms with van der Waals surface area (Å²) in [6, 6.07) is 1.32. The number of nitro groups is 1. The number of β-amino-alcohol motifs (C(OH)–C–C–N with tert-alkyl or cyclic N) is 1. The second-order valence-corrected chi connectivity index (χ2v) is 5.37. The van der Waals surface area contributed by atoms with Gasteiger partial charge in [-0.1, -0.05) is 0 Å². The average molecular weight is 338 g/mol. The third kappa shape index (κ3) is 2.60. The van der Waals surface area contributed by atoms with Crippen molar-refractivity contribution < 1.29 is 33.8 Å². The molecule has 1 aromatic carbocycles. The fraction of sp³-hybridized carbons (Fsp3) is 0.429. The Labute approximate surface area is 135 Å². The summed E-state index contributed by atoms with van der Waals surface area (Å²) in [6.07, 6.45) is -0.900. The minimum atomic E-state index is -0.998. The molecule has 2 heterocycles. The van der Waals surface area contributed by atoms with E-state index in [-0.39, 0.29) is 36.8 Å². The molecular formula is C14H14N2O8. The predicted octanol–water partition coefficient (Wildman–Crippen LogP) is 0.0719. The van der Waals surface area contributed by atoms with Crippen LogP contribution in [0.2, 0.25) is 0 Å². The van der Waals surface area contributed by atoms with Gasteiger partial charge in [0.05, 0.1) is 24.2 Å². The molecule has 2 aliphatic rings. The first-order valence-electron chi connectivity index (χ1n) is 7.07. The van der Waals surface area contributed by atoms with Crippen molar-refractivity contribution in [2.75, 3.05) is 20.4 Å². The van der Waals surface area contributed by atoms with Gasteiger partial charge in [0.25, 0.3) is 11.6 Å². The maximum absolute atomic E-state index is 12.8. The van der Waals surface area contributed by atoms with Crippen molar-refractivity contribution in [1.82, 2.24) is 4.90 Å². The number of amides is 1. The van der Waals surface area contributed by atoms with E-state index in [1.165, 1.54) is 13.2 Å². The van der Waals surface area contributed by atoms with Crippen LogP contribution in [0.15, 0.2) is 12.1 Å². The zero-order chi connectivity index (χ0) is 17.4. The maximum Gasteiger partial charge on any atom is 0.328 e. The summed E-state index contributed by atoms with van der Waals surface area (Å²) in [5, 5.41) is 21.0. The quantitative estimate of drug-likeness (QED) is 0.466. The molecule has 0 radical (unpaired) electrons. The average Bonchev–Trinajstić information content (AvgIpc) is 3.17. The Hall–Kier alpha value is -2.88. The van der Waals surface area contributed by atoms with Crippen molar-refractivity contribution in [3.05, 3.63) is 27.8 Å². The summed E-state index contributed by atoms with van der Waals surface area (Å²) < 4.78 is 14.9. The Morgan fingerprint density at radius 3 is 2.67 bits per heavy atom. The van der Waals surface area contributed by atoms with Crippen molar-refractivity contribution in [1.29, 1.82) is 0 Å². The molecule has 0 spiro atoms. The molecule has 128 valence electrons. The number of carbonyl (C=O) groups excluding carboxylic acids is 2. The number of hydrogen-bond donors (Lipinski definition) is 1. The number of aliphatic hydroxyl groups excluding tert-OH is 1. The fourth-order valence-electron chi connectivity index (χ4n) is 2.81. The maximum atomic E-state index is 12.8. The van der Waals surface area contributed by atoms with Crippen LogP contribution < -0.4 is 9.47 Å². The highest BCUT2D eigenvalue weighted by Gasteiger charge is 2.42. The summed E-state index contributed by atoms with van der Waals surface area (Å²) >= 11 is 0. The van der Waals surface area contributed by atoms with Gasteiger partial charge in [0.2, 0.25) is 6.79 Å². The van der Waals surface area contributed by atoms with Gasteiger partial charge < -0.3 is 24.2 Å². The number of benzene rings is 1. The van der Waals surface area contributed by atoms with Gasteiger partial charge in [0.1, 0.15) is 11.6 Å². The van der Waals surface area contributed by atoms with E-state index in [0.717, 1.165) is 11.0 Å². The van der Waals surface area contributed by atoms with Crippen molar-refractivity contribution in [2.45, 2.75) is 18.6 Å². The number of aliphatic hydroxyl groups is 1. The lowest BCUT2D eigenvalue weighted by Crippen LogP contribution is -2.41. The number of ether oxygens (including phenoxy) is 3. The molecule has 10 heteroatoms. The smallest absolute Gasteiger partial charge is 0.328 e. The van der Waals surface area contributed by atoms with Crippen LogP contribution in [0.4, 0.5) is 5.69 Å². The molecule has 2 atom stereocenters. The molecular weight excluding hydrogens is 324 g/mol. The number of methoxy groups -OCH3 is 1. The Balaban J connectivity index is 2.00. The first kappa shape index (κ1) is 16.0. The molecule has 1 aromatic rings. The molecule has 24 heavy (non-hydrogen) atoms. The normalized spacial score (nSPS) is 21.7. The highest BCUT2D eigenvalue weighted by atomic mass is 16.7. The Morgan fingerprint density at radius 2 is 2.04 bits per heavy atom. The zero-order valence-electron chi connectivity index (χ0n) is 12.6. The largest absolute Gasteiger partial charge is 0.467 e. The third-order valence-electron chi connectivity index (χ3n) is 3.93. The SMILES string of the molecule is COC(=O)C1CC(O)CN1C(=O)c1cc2c(cc1[N+](=O)[O-])OCO2. The first-order chi connectivity index (χ1) is 11.4. The minimum Gasteiger partial charge on any atom is -0.467 e. The number of rotatable bonds is 3. The fourth-order valence-corrected chi connectivity index (χ4v) is 2.81. The van der Waals surface area contributed by atoms with Crippen LogP contribution in [0.5, 0.6) is 11.5 Å². The van der Waals surface area contributed by atoms with Crippen molar-refractivity contribution >= 4 is 17.6 Å². The van der Waals surface area contributed by atoms with Gasteiger partial charge in [-0.25, -0.2) is 4.79 Å². The summed E-state index contributed by atoms with van der Waals surface area (Å²) in [6.45, 7) is -0.221. The second kappa shape index (κ2) is 5.96. The van der Waals surface area contributed by atoms with E-state index in [1.807, 2.05) is 0 Å². The number of carbonyl (C=O) groups is 2. The van der Waals surface area contributed by atoms with Crippen LogP contribution >= 0.6 is 0 Å². The van der Waals surface area contributed by atoms with Gasteiger partial charge in [-0.3, -0.25) is 14.9 Å². The molecule has 0 aliphatic carbocycles. The summed E-state index contributed by atoms with van der Waals surface area (Å²) in [5.41, 5.74) is -0.707. The monoisotopic (exact) mass is 338 g/mol. The molecule has 0 aromatic heterocycles. The van der Waals surface area contributed by atoms with Gasteiger partial charge in [0, 0.05) is 19.0 Å². The van der Waals surface area contributed by atoms with E-state index in [4.69, 9.17) is 9.47 Å². The Bertz CT molecular complexity index is 719. The Kier molecular flexibility index (Phi) is 3.97. The lowest BCUT2D eigenvalue weighted by Gasteiger charge is -2.22. The number of esters is 1. The highest BCUT2D eigenvalue weighted by Crippen LogP contribution is 2.39. The van der Waals surface area contributed by atoms with Crippen LogP contribution in [0.25, 0.3) is 0 Å². The standard InChI is InChI=1S/C14H14N2O8/c1-22-14(19)10-2-7(17)5-15(10)13(18)8-3-11-12(24-6-23-11)4-9(8)16(20)21/h3-4,7,10,17H,2,5-6H2,1H3. The molecule has 0 bridgehead atoms. The van der Waals surface area contributed by atoms with Gasteiger partial charge in [-0.15, -0.1) is 0 Å². The molecule has 3 rings (SSSR count). The minimum absolute atomic E-state index is 0.0107. The van der Waals surface area contributed by atoms with Crippen LogP contribution in [0, 0.1) is 10.1 Å². The number of fused-ring (bicyclic) bond motifs is 1. The summed E-state index contributed by atoms with van der Waals surface area (Å²) in [7, 11) is 1.17. The lowest BCUT2D eigenvalue weighted by atomic mass is 10.1. The van der Waals surface area contributed by atoms with E-state index in [1.54, 1.807) is 0 Å². The molecule has 1 fully saturated rings. The number of hydrogen-bond acceptors (Lipinski definition) is 8. The molecule has 0 saturated carbocycles. The van der Waals surface area contributed by atoms with E-state index in [2.05, 4.69) is 4.74 Å². The molecule has 1 amide bonds. The first-order valence-corrected chi connectivity index (χ1v) is 7.07. The van der Waals surface area contributed by atoms with Crippen LogP contribution in [0.3, 0.4) is 0 Å². The van der Waals surface area contributed by atoms with E-state index >= 15 is 0 Å². The number of nitrogens with zero attached hydrogens (tertiary/aromatic N) is 2. The summed E-state index contributed by atoms with van der Waals surface area (Å²) in [5.74, 6) is -1.07. The van der Waals surface area contributed by atoms with Gasteiger partial charge >= 0.3 is 5.97 Å². The summed E-state index contributed by atoms with van der Waals surface area (Å²) in [4.78, 5) is 36.2. The number of likely N-dealkylation sites (tertiary alicyclic amines) is 1. The molecule has 2 aliphatic heterocycles. The second-order valence-electron chi connectivity index (χ2n) is 5.37. The molecule has 1 N–H and O–H groups in total. The van der Waals surface area contributed by atoms with E-state index in [9.17, 15) is 24.8 Å². The lowest BCUT2D eigenvalue weighted by molar-refractivity contribution is -0.385. The third-order valence-corrected chi connectivity index (χ3v) is 3.93. The topological polar surface area (TPSA) is 128 Å². The van der Waals surface area contributed by atoms with E-state index < -0.39 is 34.6 Å². The van der Waals surface area contributed by atoms with Crippen LogP contribution in [-0.4, -0.2) is 59.4 Å². The molecule has 2 unspecified atom stereocenters. The van der Waals surface area contributed by atoms with Gasteiger partial charge in [0.15, 0.2) is 11.5 Å². The zero-order valence-corrected chi connectivity index (χ0v) is 12.6. The Morgan fingerprint density at radius 1 is 1.38 bits per heavy atom. The van der Waals surface area contributed by atoms with Crippen molar-refractivity contribution in [3.63, 3.8) is 0 Å². The van der Waals surface area contributed by atoms with E-state index in [0.29, 0.717) is 0 Å². The van der Waals surface area contributed by atoms with Gasteiger partial charge in [-0.2, -0.15) is 0 Å². The van der Waals surface area contributed by atoms with Crippen molar-refractivity contribution in [2.24, 2.45) is 0 Å². The molecule has 1 saturated heterocycles.